The number of nitrogens with zero attached hydrogens (tertiary/aromatic N) is 1. The fraction of sp³-hybridized carbons (Fsp3) is 0.462. The molecule has 0 bridgehead atoms. The van der Waals surface area contributed by atoms with E-state index < -0.39 is 0 Å². The molecule has 2 aromatic rings. The van der Waals surface area contributed by atoms with Gasteiger partial charge >= 0.3 is 0 Å². The Hall–Kier alpha value is -1.13. The molecule has 1 aromatic carbocycles. The lowest BCUT2D eigenvalue weighted by Crippen LogP contribution is -2.00. The second-order valence-corrected chi connectivity index (χ2v) is 5.30. The topological polar surface area (TPSA) is 42.4 Å². The molecule has 0 saturated heterocycles. The minimum absolute atomic E-state index is 0.157. The van der Waals surface area contributed by atoms with Crippen molar-refractivity contribution in [2.75, 3.05) is 13.2 Å². The lowest BCUT2D eigenvalue weighted by molar-refractivity contribution is 0.234. The van der Waals surface area contributed by atoms with Crippen LogP contribution in [0.3, 0.4) is 0 Å². The Kier molecular flexibility index (Phi) is 3.97. The predicted octanol–water partition coefficient (Wildman–Crippen LogP) is 3.18. The first-order valence-corrected chi connectivity index (χ1v) is 6.67. The molecule has 0 amide bonds. The molecule has 0 spiro atoms. The summed E-state index contributed by atoms with van der Waals surface area (Å²) >= 11 is 1.72. The van der Waals surface area contributed by atoms with Crippen molar-refractivity contribution in [2.24, 2.45) is 0 Å². The average Bonchev–Trinajstić information content (AvgIpc) is 2.74. The quantitative estimate of drug-likeness (QED) is 0.830. The monoisotopic (exact) mass is 251 g/mol. The van der Waals surface area contributed by atoms with Crippen molar-refractivity contribution in [3.05, 3.63) is 23.2 Å². The Morgan fingerprint density at radius 2 is 2.24 bits per heavy atom. The summed E-state index contributed by atoms with van der Waals surface area (Å²) in [6, 6.07) is 5.99. The van der Waals surface area contributed by atoms with Crippen LogP contribution in [-0.2, 0) is 0 Å². The van der Waals surface area contributed by atoms with Crippen molar-refractivity contribution in [2.45, 2.75) is 26.2 Å². The van der Waals surface area contributed by atoms with Gasteiger partial charge in [0, 0.05) is 18.9 Å². The molecular weight excluding hydrogens is 234 g/mol. The third-order valence-electron chi connectivity index (χ3n) is 2.45. The molecule has 0 unspecified atom stereocenters. The van der Waals surface area contributed by atoms with E-state index in [1.807, 2.05) is 12.1 Å². The van der Waals surface area contributed by atoms with E-state index in [1.165, 1.54) is 0 Å². The highest BCUT2D eigenvalue weighted by molar-refractivity contribution is 7.18. The fourth-order valence-electron chi connectivity index (χ4n) is 1.55. The van der Waals surface area contributed by atoms with Gasteiger partial charge in [0.1, 0.15) is 11.3 Å². The Bertz CT molecular complexity index is 493. The zero-order chi connectivity index (χ0) is 12.3. The van der Waals surface area contributed by atoms with E-state index in [-0.39, 0.29) is 6.61 Å². The molecule has 0 saturated carbocycles. The average molecular weight is 251 g/mol. The molecular formula is C13H17NO2S. The zero-order valence-electron chi connectivity index (χ0n) is 10.1. The lowest BCUT2D eigenvalue weighted by Gasteiger charge is -2.04. The van der Waals surface area contributed by atoms with Crippen molar-refractivity contribution in [3.63, 3.8) is 0 Å². The van der Waals surface area contributed by atoms with E-state index in [2.05, 4.69) is 24.9 Å². The van der Waals surface area contributed by atoms with Gasteiger partial charge < -0.3 is 9.84 Å². The van der Waals surface area contributed by atoms with Crippen LogP contribution in [0.2, 0.25) is 0 Å². The summed E-state index contributed by atoms with van der Waals surface area (Å²) in [5.41, 5.74) is 0.944. The summed E-state index contributed by atoms with van der Waals surface area (Å²) in [5, 5.41) is 9.88. The van der Waals surface area contributed by atoms with E-state index >= 15 is 0 Å². The van der Waals surface area contributed by atoms with Crippen molar-refractivity contribution in [1.29, 1.82) is 0 Å². The summed E-state index contributed by atoms with van der Waals surface area (Å²) in [5.74, 6) is 1.26. The summed E-state index contributed by atoms with van der Waals surface area (Å²) < 4.78 is 6.80. The molecule has 1 aromatic heterocycles. The smallest absolute Gasteiger partial charge is 0.146 e. The first-order valence-electron chi connectivity index (χ1n) is 5.85. The summed E-state index contributed by atoms with van der Waals surface area (Å²) in [7, 11) is 0. The van der Waals surface area contributed by atoms with Crippen LogP contribution in [0.25, 0.3) is 10.2 Å². The van der Waals surface area contributed by atoms with Crippen molar-refractivity contribution in [1.82, 2.24) is 4.98 Å². The Morgan fingerprint density at radius 3 is 2.94 bits per heavy atom. The van der Waals surface area contributed by atoms with E-state index in [9.17, 15) is 0 Å². The SMILES string of the molecule is CC(C)c1nc2c(OCCCO)cccc2s1. The highest BCUT2D eigenvalue weighted by Crippen LogP contribution is 2.32. The number of hydrogen-bond donors (Lipinski definition) is 1. The molecule has 0 fully saturated rings. The highest BCUT2D eigenvalue weighted by atomic mass is 32.1. The van der Waals surface area contributed by atoms with Crippen LogP contribution in [-0.4, -0.2) is 23.3 Å². The van der Waals surface area contributed by atoms with Gasteiger partial charge in [-0.1, -0.05) is 19.9 Å². The van der Waals surface area contributed by atoms with Crippen LogP contribution < -0.4 is 4.74 Å². The number of hydrogen-bond acceptors (Lipinski definition) is 4. The molecule has 1 N–H and O–H groups in total. The minimum atomic E-state index is 0.157. The van der Waals surface area contributed by atoms with Gasteiger partial charge in [-0.3, -0.25) is 0 Å². The first kappa shape index (κ1) is 12.3. The molecule has 1 heterocycles. The van der Waals surface area contributed by atoms with Crippen LogP contribution in [0.1, 0.15) is 31.2 Å². The lowest BCUT2D eigenvalue weighted by atomic mass is 10.2. The van der Waals surface area contributed by atoms with Crippen molar-refractivity contribution >= 4 is 21.6 Å². The van der Waals surface area contributed by atoms with Gasteiger partial charge in [-0.05, 0) is 12.1 Å². The maximum atomic E-state index is 8.74. The van der Waals surface area contributed by atoms with Gasteiger partial charge in [0.15, 0.2) is 0 Å². The largest absolute Gasteiger partial charge is 0.491 e. The first-order chi connectivity index (χ1) is 8.22. The molecule has 3 nitrogen and oxygen atoms in total. The number of thiazole rings is 1. The van der Waals surface area contributed by atoms with Crippen LogP contribution >= 0.6 is 11.3 Å². The molecule has 0 radical (unpaired) electrons. The van der Waals surface area contributed by atoms with Crippen LogP contribution in [0.15, 0.2) is 18.2 Å². The van der Waals surface area contributed by atoms with Crippen LogP contribution in [0, 0.1) is 0 Å². The molecule has 17 heavy (non-hydrogen) atoms. The molecule has 2 rings (SSSR count). The maximum absolute atomic E-state index is 8.74. The van der Waals surface area contributed by atoms with Gasteiger partial charge in [-0.15, -0.1) is 11.3 Å². The van der Waals surface area contributed by atoms with Gasteiger partial charge in [0.05, 0.1) is 16.3 Å². The summed E-state index contributed by atoms with van der Waals surface area (Å²) in [4.78, 5) is 4.62. The Morgan fingerprint density at radius 1 is 1.41 bits per heavy atom. The van der Waals surface area contributed by atoms with Crippen LogP contribution in [0.5, 0.6) is 5.75 Å². The number of aliphatic hydroxyl groups is 1. The van der Waals surface area contributed by atoms with Gasteiger partial charge in [0.25, 0.3) is 0 Å². The number of rotatable bonds is 5. The van der Waals surface area contributed by atoms with Gasteiger partial charge in [-0.25, -0.2) is 4.98 Å². The predicted molar refractivity (Wildman–Crippen MR) is 70.9 cm³/mol. The Balaban J connectivity index is 2.29. The molecule has 0 aliphatic rings. The number of fused-ring (bicyclic) bond motifs is 1. The van der Waals surface area contributed by atoms with Gasteiger partial charge in [-0.2, -0.15) is 0 Å². The fourth-order valence-corrected chi connectivity index (χ4v) is 2.54. The van der Waals surface area contributed by atoms with Crippen LogP contribution in [0.4, 0.5) is 0 Å². The zero-order valence-corrected chi connectivity index (χ0v) is 11.0. The second-order valence-electron chi connectivity index (χ2n) is 4.24. The molecule has 4 heteroatoms. The van der Waals surface area contributed by atoms with E-state index in [0.717, 1.165) is 21.0 Å². The number of ether oxygens (including phenoxy) is 1. The van der Waals surface area contributed by atoms with Crippen molar-refractivity contribution in [3.8, 4) is 5.75 Å². The minimum Gasteiger partial charge on any atom is -0.491 e. The maximum Gasteiger partial charge on any atom is 0.146 e. The third kappa shape index (κ3) is 2.76. The second kappa shape index (κ2) is 5.47. The van der Waals surface area contributed by atoms with E-state index in [1.54, 1.807) is 11.3 Å². The summed E-state index contributed by atoms with van der Waals surface area (Å²) in [6.45, 7) is 4.97. The third-order valence-corrected chi connectivity index (χ3v) is 3.77. The Labute approximate surface area is 105 Å². The van der Waals surface area contributed by atoms with E-state index in [0.29, 0.717) is 18.9 Å². The molecule has 92 valence electrons. The number of aromatic nitrogens is 1. The van der Waals surface area contributed by atoms with Crippen molar-refractivity contribution < 1.29 is 9.84 Å². The normalized spacial score (nSPS) is 11.3. The van der Waals surface area contributed by atoms with E-state index in [4.69, 9.17) is 9.84 Å². The number of para-hydroxylation sites is 1. The van der Waals surface area contributed by atoms with Gasteiger partial charge in [0.2, 0.25) is 0 Å². The number of aliphatic hydroxyl groups excluding tert-OH is 1. The molecule has 0 aliphatic carbocycles. The molecule has 0 aliphatic heterocycles. The standard InChI is InChI=1S/C13H17NO2S/c1-9(2)13-14-12-10(16-8-4-7-15)5-3-6-11(12)17-13/h3,5-6,9,15H,4,7-8H2,1-2H3. The summed E-state index contributed by atoms with van der Waals surface area (Å²) in [6.07, 6.45) is 0.650. The highest BCUT2D eigenvalue weighted by Gasteiger charge is 2.10. The number of benzene rings is 1. The molecule has 0 atom stereocenters.